The van der Waals surface area contributed by atoms with E-state index in [0.29, 0.717) is 17.1 Å². The van der Waals surface area contributed by atoms with Gasteiger partial charge in [-0.05, 0) is 54.6 Å². The monoisotopic (exact) mass is 346 g/mol. The maximum Gasteiger partial charge on any atom is 0.139 e. The zero-order chi connectivity index (χ0) is 16.4. The van der Waals surface area contributed by atoms with Crippen LogP contribution in [0.1, 0.15) is 12.1 Å². The summed E-state index contributed by atoms with van der Waals surface area (Å²) in [5.74, 6) is -1.02. The molecule has 0 radical (unpaired) electrons. The lowest BCUT2D eigenvalue weighted by Crippen LogP contribution is -2.22. The molecule has 23 heavy (non-hydrogen) atoms. The second-order valence-corrected chi connectivity index (χ2v) is 6.41. The number of phenols is 1. The molecule has 2 aromatic heterocycles. The summed E-state index contributed by atoms with van der Waals surface area (Å²) in [6.07, 6.45) is 0.217. The number of carbonyl (C=O) groups is 1. The fraction of sp³-hybridized carbons (Fsp3) is 0.118. The molecule has 118 valence electrons. The highest BCUT2D eigenvalue weighted by atomic mass is 35.5. The number of hydrogen-bond acceptors (Lipinski definition) is 4. The molecule has 0 amide bonds. The van der Waals surface area contributed by atoms with Gasteiger partial charge in [0.1, 0.15) is 5.75 Å². The molecular formula is C17H13ClNO3S-. The lowest BCUT2D eigenvalue weighted by Gasteiger charge is -2.15. The van der Waals surface area contributed by atoms with Gasteiger partial charge in [-0.1, -0.05) is 17.7 Å². The van der Waals surface area contributed by atoms with Gasteiger partial charge in [-0.15, -0.1) is 11.3 Å². The summed E-state index contributed by atoms with van der Waals surface area (Å²) in [5.41, 5.74) is 2.18. The molecule has 3 aromatic rings. The first kappa shape index (κ1) is 15.6. The van der Waals surface area contributed by atoms with Crippen LogP contribution in [0.5, 0.6) is 5.75 Å². The predicted octanol–water partition coefficient (Wildman–Crippen LogP) is 3.25. The zero-order valence-corrected chi connectivity index (χ0v) is 13.6. The summed E-state index contributed by atoms with van der Waals surface area (Å²) in [5, 5.41) is 23.5. The first-order chi connectivity index (χ1) is 11.1. The molecule has 0 unspecified atom stereocenters. The number of aryl methyl sites for hydroxylation is 1. The van der Waals surface area contributed by atoms with Crippen molar-refractivity contribution in [2.75, 3.05) is 0 Å². The van der Waals surface area contributed by atoms with Gasteiger partial charge in [-0.25, -0.2) is 0 Å². The van der Waals surface area contributed by atoms with E-state index in [1.165, 1.54) is 6.07 Å². The fourth-order valence-corrected chi connectivity index (χ4v) is 3.39. The maximum atomic E-state index is 10.8. The van der Waals surface area contributed by atoms with Gasteiger partial charge < -0.3 is 19.6 Å². The second kappa shape index (κ2) is 6.48. The number of carboxylic acid groups (broad SMARTS) is 1. The van der Waals surface area contributed by atoms with Crippen LogP contribution in [0, 0.1) is 0 Å². The van der Waals surface area contributed by atoms with Crippen LogP contribution < -0.4 is 5.11 Å². The summed E-state index contributed by atoms with van der Waals surface area (Å²) >= 11 is 7.63. The first-order valence-corrected chi connectivity index (χ1v) is 8.25. The Morgan fingerprint density at radius 3 is 2.78 bits per heavy atom. The summed E-state index contributed by atoms with van der Waals surface area (Å²) in [6, 6.07) is 12.5. The highest BCUT2D eigenvalue weighted by Crippen LogP contribution is 2.34. The third kappa shape index (κ3) is 3.25. The summed E-state index contributed by atoms with van der Waals surface area (Å²) < 4.78 is 1.84. The van der Waals surface area contributed by atoms with E-state index in [0.717, 1.165) is 16.3 Å². The molecule has 0 bridgehead atoms. The minimum atomic E-state index is -1.11. The molecule has 0 aliphatic carbocycles. The van der Waals surface area contributed by atoms with Gasteiger partial charge in [0.05, 0.1) is 16.3 Å². The van der Waals surface area contributed by atoms with Crippen molar-refractivity contribution in [2.24, 2.45) is 0 Å². The van der Waals surface area contributed by atoms with Gasteiger partial charge in [0.15, 0.2) is 0 Å². The van der Waals surface area contributed by atoms with Crippen molar-refractivity contribution in [2.45, 2.75) is 12.8 Å². The summed E-state index contributed by atoms with van der Waals surface area (Å²) in [4.78, 5) is 11.8. The number of aliphatic carboxylic acids is 1. The number of rotatable bonds is 5. The average molecular weight is 347 g/mol. The van der Waals surface area contributed by atoms with E-state index in [-0.39, 0.29) is 12.2 Å². The van der Waals surface area contributed by atoms with E-state index in [4.69, 9.17) is 11.6 Å². The smallest absolute Gasteiger partial charge is 0.139 e. The number of hydrogen-bond donors (Lipinski definition) is 1. The Morgan fingerprint density at radius 1 is 1.26 bits per heavy atom. The van der Waals surface area contributed by atoms with Crippen LogP contribution in [0.3, 0.4) is 0 Å². The highest BCUT2D eigenvalue weighted by Gasteiger charge is 2.15. The number of benzene rings is 1. The molecule has 0 fully saturated rings. The van der Waals surface area contributed by atoms with Gasteiger partial charge >= 0.3 is 0 Å². The van der Waals surface area contributed by atoms with Crippen molar-refractivity contribution in [3.63, 3.8) is 0 Å². The molecule has 0 saturated carbocycles. The van der Waals surface area contributed by atoms with Crippen LogP contribution >= 0.6 is 22.9 Å². The van der Waals surface area contributed by atoms with Crippen molar-refractivity contribution in [1.82, 2.24) is 4.57 Å². The summed E-state index contributed by atoms with van der Waals surface area (Å²) in [6.45, 7) is 0. The normalized spacial score (nSPS) is 10.8. The number of carboxylic acids is 1. The number of phenolic OH excluding ortho intramolecular Hbond substituents is 1. The standard InChI is InChI=1S/C17H14ClNO3S/c18-11-3-7-15(20)14(10-11)19-12(5-8-17(21)22)4-6-13(19)16-2-1-9-23-16/h1-4,6-7,9-10,20H,5,8H2,(H,21,22)/p-1. The van der Waals surface area contributed by atoms with Crippen LogP contribution in [0.15, 0.2) is 47.8 Å². The van der Waals surface area contributed by atoms with Gasteiger partial charge in [0, 0.05) is 16.7 Å². The summed E-state index contributed by atoms with van der Waals surface area (Å²) in [7, 11) is 0. The lowest BCUT2D eigenvalue weighted by atomic mass is 10.2. The number of carbonyl (C=O) groups excluding carboxylic acids is 1. The molecule has 2 heterocycles. The number of nitrogens with zero attached hydrogens (tertiary/aromatic N) is 1. The molecule has 0 atom stereocenters. The van der Waals surface area contributed by atoms with Crippen molar-refractivity contribution in [3.05, 3.63) is 58.6 Å². The Morgan fingerprint density at radius 2 is 2.09 bits per heavy atom. The second-order valence-electron chi connectivity index (χ2n) is 5.03. The van der Waals surface area contributed by atoms with Gasteiger partial charge in [0.2, 0.25) is 0 Å². The molecular weight excluding hydrogens is 334 g/mol. The molecule has 1 aromatic carbocycles. The van der Waals surface area contributed by atoms with Crippen LogP contribution in [-0.2, 0) is 11.2 Å². The minimum Gasteiger partial charge on any atom is -0.550 e. The average Bonchev–Trinajstić information content (AvgIpc) is 3.16. The van der Waals surface area contributed by atoms with Crippen molar-refractivity contribution in [3.8, 4) is 22.0 Å². The van der Waals surface area contributed by atoms with Crippen molar-refractivity contribution in [1.29, 1.82) is 0 Å². The number of thiophene rings is 1. The third-order valence-corrected chi connectivity index (χ3v) is 4.63. The van der Waals surface area contributed by atoms with E-state index in [1.54, 1.807) is 23.5 Å². The van der Waals surface area contributed by atoms with E-state index < -0.39 is 5.97 Å². The third-order valence-electron chi connectivity index (χ3n) is 3.50. The molecule has 0 spiro atoms. The molecule has 0 saturated heterocycles. The van der Waals surface area contributed by atoms with Gasteiger partial charge in [0.25, 0.3) is 0 Å². The van der Waals surface area contributed by atoms with E-state index in [2.05, 4.69) is 0 Å². The molecule has 0 aliphatic heterocycles. The van der Waals surface area contributed by atoms with E-state index >= 15 is 0 Å². The Kier molecular flexibility index (Phi) is 4.41. The first-order valence-electron chi connectivity index (χ1n) is 6.99. The quantitative estimate of drug-likeness (QED) is 0.771. The Balaban J connectivity index is 2.16. The largest absolute Gasteiger partial charge is 0.550 e. The maximum absolute atomic E-state index is 10.8. The highest BCUT2D eigenvalue weighted by molar-refractivity contribution is 7.13. The minimum absolute atomic E-state index is 0.0816. The lowest BCUT2D eigenvalue weighted by molar-refractivity contribution is -0.305. The van der Waals surface area contributed by atoms with E-state index in [9.17, 15) is 15.0 Å². The molecule has 1 N–H and O–H groups in total. The fourth-order valence-electron chi connectivity index (χ4n) is 2.48. The molecule has 4 nitrogen and oxygen atoms in total. The predicted molar refractivity (Wildman–Crippen MR) is 89.1 cm³/mol. The van der Waals surface area contributed by atoms with Crippen molar-refractivity contribution >= 4 is 28.9 Å². The number of aromatic nitrogens is 1. The van der Waals surface area contributed by atoms with Gasteiger partial charge in [-0.2, -0.15) is 0 Å². The molecule has 0 aliphatic rings. The van der Waals surface area contributed by atoms with Crippen molar-refractivity contribution < 1.29 is 15.0 Å². The van der Waals surface area contributed by atoms with Gasteiger partial charge in [-0.3, -0.25) is 0 Å². The van der Waals surface area contributed by atoms with E-state index in [1.807, 2.05) is 34.2 Å². The topological polar surface area (TPSA) is 65.3 Å². The Hall–Kier alpha value is -2.24. The SMILES string of the molecule is O=C([O-])CCc1ccc(-c2cccs2)n1-c1cc(Cl)ccc1O. The zero-order valence-electron chi connectivity index (χ0n) is 12.0. The van der Waals surface area contributed by atoms with Crippen LogP contribution in [-0.4, -0.2) is 15.6 Å². The Labute approximate surface area is 142 Å². The Bertz CT molecular complexity index is 840. The van der Waals surface area contributed by atoms with Crippen LogP contribution in [0.2, 0.25) is 5.02 Å². The van der Waals surface area contributed by atoms with Crippen LogP contribution in [0.4, 0.5) is 0 Å². The number of halogens is 1. The number of aromatic hydroxyl groups is 1. The molecule has 6 heteroatoms. The van der Waals surface area contributed by atoms with Crippen LogP contribution in [0.25, 0.3) is 16.3 Å². The molecule has 3 rings (SSSR count).